The van der Waals surface area contributed by atoms with Crippen LogP contribution in [0.4, 0.5) is 0 Å². The highest BCUT2D eigenvalue weighted by atomic mass is 16.3. The van der Waals surface area contributed by atoms with Crippen molar-refractivity contribution in [3.8, 4) is 50.2 Å². The maximum absolute atomic E-state index is 6.45. The fourth-order valence-corrected chi connectivity index (χ4v) is 11.3. The Balaban J connectivity index is 0.897. The Labute approximate surface area is 382 Å². The van der Waals surface area contributed by atoms with Gasteiger partial charge < -0.3 is 13.4 Å². The van der Waals surface area contributed by atoms with Crippen LogP contribution in [0, 0.1) is 0 Å². The van der Waals surface area contributed by atoms with Crippen LogP contribution in [0.5, 0.6) is 0 Å². The Bertz CT molecular complexity index is 3990. The van der Waals surface area contributed by atoms with Gasteiger partial charge in [0.1, 0.15) is 22.5 Å². The van der Waals surface area contributed by atoms with E-state index in [1.807, 2.05) is 0 Å². The molecule has 0 fully saturated rings. The minimum absolute atomic E-state index is 0.215. The smallest absolute Gasteiger partial charge is 0.135 e. The van der Waals surface area contributed by atoms with Gasteiger partial charge in [-0.25, -0.2) is 0 Å². The molecule has 66 heavy (non-hydrogen) atoms. The van der Waals surface area contributed by atoms with Gasteiger partial charge in [0.05, 0.1) is 11.0 Å². The summed E-state index contributed by atoms with van der Waals surface area (Å²) in [7, 11) is 0. The van der Waals surface area contributed by atoms with Crippen LogP contribution < -0.4 is 0 Å². The summed E-state index contributed by atoms with van der Waals surface area (Å²) >= 11 is 0. The molecule has 2 aliphatic rings. The second kappa shape index (κ2) is 13.9. The molecule has 0 saturated heterocycles. The SMILES string of the molecule is CC1(C)c2cc(-c3ccc4oc5c(c4c3)C=C(c3ccccc3)CC5)ccc2-c2cc3c4cc(-c5ccc6oc7ccc(-c8ccccc8)cc7c6c5)ccc4n(-c4ccccc4)c3cc21. The maximum atomic E-state index is 6.45. The van der Waals surface area contributed by atoms with E-state index in [1.54, 1.807) is 0 Å². The highest BCUT2D eigenvalue weighted by Gasteiger charge is 2.37. The molecule has 3 nitrogen and oxygen atoms in total. The highest BCUT2D eigenvalue weighted by Crippen LogP contribution is 2.52. The number of benzene rings is 9. The Morgan fingerprint density at radius 3 is 1.62 bits per heavy atom. The molecule has 0 radical (unpaired) electrons. The largest absolute Gasteiger partial charge is 0.460 e. The molecule has 0 atom stereocenters. The van der Waals surface area contributed by atoms with Crippen molar-refractivity contribution in [3.05, 3.63) is 222 Å². The summed E-state index contributed by atoms with van der Waals surface area (Å²) in [5, 5.41) is 5.93. The number of nitrogens with zero attached hydrogens (tertiary/aromatic N) is 1. The van der Waals surface area contributed by atoms with E-state index in [9.17, 15) is 0 Å². The fraction of sp³-hybridized carbons (Fsp3) is 0.0794. The van der Waals surface area contributed by atoms with Crippen molar-refractivity contribution in [1.29, 1.82) is 0 Å². The lowest BCUT2D eigenvalue weighted by atomic mass is 9.81. The van der Waals surface area contributed by atoms with Gasteiger partial charge in [-0.05, 0) is 158 Å². The van der Waals surface area contributed by atoms with Crippen molar-refractivity contribution < 1.29 is 8.83 Å². The van der Waals surface area contributed by atoms with Crippen LogP contribution >= 0.6 is 0 Å². The molecule has 12 aromatic rings. The maximum Gasteiger partial charge on any atom is 0.135 e. The molecular weight excluding hydrogens is 803 g/mol. The van der Waals surface area contributed by atoms with E-state index >= 15 is 0 Å². The van der Waals surface area contributed by atoms with Crippen LogP contribution in [0.1, 0.15) is 48.3 Å². The Morgan fingerprint density at radius 2 is 0.924 bits per heavy atom. The van der Waals surface area contributed by atoms with Crippen molar-refractivity contribution in [3.63, 3.8) is 0 Å². The molecule has 0 N–H and O–H groups in total. The summed E-state index contributed by atoms with van der Waals surface area (Å²) < 4.78 is 15.3. The zero-order valence-corrected chi connectivity index (χ0v) is 36.7. The Morgan fingerprint density at radius 1 is 0.394 bits per heavy atom. The average Bonchev–Trinajstić information content (AvgIpc) is 4.09. The number of hydrogen-bond acceptors (Lipinski definition) is 2. The summed E-state index contributed by atoms with van der Waals surface area (Å²) in [6, 6.07) is 71.1. The van der Waals surface area contributed by atoms with Gasteiger partial charge in [0.15, 0.2) is 0 Å². The minimum Gasteiger partial charge on any atom is -0.460 e. The lowest BCUT2D eigenvalue weighted by Crippen LogP contribution is -2.15. The number of aromatic nitrogens is 1. The molecule has 0 amide bonds. The number of allylic oxidation sites excluding steroid dienone is 1. The van der Waals surface area contributed by atoms with Crippen LogP contribution in [0.2, 0.25) is 0 Å². The quantitative estimate of drug-likeness (QED) is 0.173. The molecule has 3 heteroatoms. The van der Waals surface area contributed by atoms with Crippen LogP contribution in [-0.4, -0.2) is 4.57 Å². The minimum atomic E-state index is -0.215. The number of fused-ring (bicyclic) bond motifs is 12. The second-order valence-electron chi connectivity index (χ2n) is 18.8. The van der Waals surface area contributed by atoms with Crippen molar-refractivity contribution in [2.45, 2.75) is 32.1 Å². The molecule has 3 heterocycles. The monoisotopic (exact) mass is 845 g/mol. The molecule has 0 bridgehead atoms. The summed E-state index contributed by atoms with van der Waals surface area (Å²) in [5.41, 5.74) is 22.5. The number of aryl methyl sites for hydroxylation is 1. The van der Waals surface area contributed by atoms with Gasteiger partial charge in [0.2, 0.25) is 0 Å². The van der Waals surface area contributed by atoms with E-state index in [2.05, 4.69) is 219 Å². The zero-order chi connectivity index (χ0) is 43.7. The van der Waals surface area contributed by atoms with E-state index in [4.69, 9.17) is 8.83 Å². The predicted octanol–water partition coefficient (Wildman–Crippen LogP) is 17.2. The van der Waals surface area contributed by atoms with Crippen molar-refractivity contribution in [1.82, 2.24) is 4.57 Å². The van der Waals surface area contributed by atoms with Gasteiger partial charge in [-0.1, -0.05) is 129 Å². The fourth-order valence-electron chi connectivity index (χ4n) is 11.3. The molecule has 312 valence electrons. The number of hydrogen-bond donors (Lipinski definition) is 0. The molecule has 0 saturated carbocycles. The molecule has 14 rings (SSSR count). The molecule has 0 aliphatic heterocycles. The first-order valence-electron chi connectivity index (χ1n) is 23.1. The van der Waals surface area contributed by atoms with Gasteiger partial charge in [0, 0.05) is 50.0 Å². The second-order valence-corrected chi connectivity index (χ2v) is 18.8. The first-order chi connectivity index (χ1) is 32.4. The molecule has 0 spiro atoms. The van der Waals surface area contributed by atoms with Crippen LogP contribution in [0.25, 0.3) is 117 Å². The molecule has 3 aromatic heterocycles. The van der Waals surface area contributed by atoms with Crippen LogP contribution in [0.15, 0.2) is 203 Å². The molecule has 2 aliphatic carbocycles. The van der Waals surface area contributed by atoms with Gasteiger partial charge >= 0.3 is 0 Å². The van der Waals surface area contributed by atoms with Gasteiger partial charge in [0.25, 0.3) is 0 Å². The van der Waals surface area contributed by atoms with E-state index in [0.29, 0.717) is 0 Å². The van der Waals surface area contributed by atoms with Gasteiger partial charge in [-0.15, -0.1) is 0 Å². The van der Waals surface area contributed by atoms with Crippen LogP contribution in [-0.2, 0) is 11.8 Å². The first-order valence-corrected chi connectivity index (χ1v) is 23.1. The molecule has 0 unspecified atom stereocenters. The first kappa shape index (κ1) is 37.3. The number of furan rings is 2. The third-order valence-electron chi connectivity index (χ3n) is 14.7. The van der Waals surface area contributed by atoms with E-state index in [-0.39, 0.29) is 5.41 Å². The summed E-state index contributed by atoms with van der Waals surface area (Å²) in [5.74, 6) is 1.09. The third-order valence-corrected chi connectivity index (χ3v) is 14.7. The lowest BCUT2D eigenvalue weighted by Gasteiger charge is -2.22. The van der Waals surface area contributed by atoms with Gasteiger partial charge in [-0.2, -0.15) is 0 Å². The van der Waals surface area contributed by atoms with Crippen molar-refractivity contribution in [2.75, 3.05) is 0 Å². The predicted molar refractivity (Wildman–Crippen MR) is 274 cm³/mol. The van der Waals surface area contributed by atoms with Crippen LogP contribution in [0.3, 0.4) is 0 Å². The van der Waals surface area contributed by atoms with Crippen molar-refractivity contribution >= 4 is 66.4 Å². The van der Waals surface area contributed by atoms with Crippen molar-refractivity contribution in [2.24, 2.45) is 0 Å². The van der Waals surface area contributed by atoms with E-state index < -0.39 is 0 Å². The topological polar surface area (TPSA) is 31.2 Å². The average molecular weight is 846 g/mol. The van der Waals surface area contributed by atoms with E-state index in [1.165, 1.54) is 99.5 Å². The summed E-state index contributed by atoms with van der Waals surface area (Å²) in [4.78, 5) is 0. The summed E-state index contributed by atoms with van der Waals surface area (Å²) in [6.45, 7) is 4.79. The van der Waals surface area contributed by atoms with E-state index in [0.717, 1.165) is 51.8 Å². The zero-order valence-electron chi connectivity index (χ0n) is 36.7. The molecule has 9 aromatic carbocycles. The van der Waals surface area contributed by atoms with Gasteiger partial charge in [-0.3, -0.25) is 0 Å². The third kappa shape index (κ3) is 5.56. The normalized spacial score (nSPS) is 14.0. The Kier molecular flexibility index (Phi) is 7.86. The highest BCUT2D eigenvalue weighted by molar-refractivity contribution is 6.13. The lowest BCUT2D eigenvalue weighted by molar-refractivity contribution is 0.548. The standard InChI is InChI=1S/C63H43NO2/c1-63(2)55-35-45(44-23-29-62-54(34-44)52-32-41(21-27-60(52)66-62)39-14-8-4-9-15-39)18-24-47(55)48-36-50-49-30-42(19-25-57(49)64(58(50)37-56(48)63)46-16-10-5-11-17-46)43-22-28-61-53(33-43)51-31-40(20-26-59(51)65-61)38-12-6-3-7-13-38/h3-20,22-26,28-37H,21,27H2,1-2H3. The number of para-hydroxylation sites is 1. The summed E-state index contributed by atoms with van der Waals surface area (Å²) in [6.07, 6.45) is 4.25. The Hall–Kier alpha value is -8.14. The number of rotatable bonds is 5. The molecular formula is C63H43NO2.